The van der Waals surface area contributed by atoms with Crippen LogP contribution in [0.1, 0.15) is 18.1 Å². The maximum Gasteiger partial charge on any atom is 0.293 e. The predicted octanol–water partition coefficient (Wildman–Crippen LogP) is 2.12. The summed E-state index contributed by atoms with van der Waals surface area (Å²) in [6.45, 7) is 3.82. The Hall–Kier alpha value is -3.39. The molecule has 1 saturated heterocycles. The van der Waals surface area contributed by atoms with Gasteiger partial charge in [-0.15, -0.1) is 0 Å². The molecule has 0 aliphatic carbocycles. The molecule has 32 heavy (non-hydrogen) atoms. The molecule has 0 spiro atoms. The van der Waals surface area contributed by atoms with Gasteiger partial charge in [-0.2, -0.15) is 0 Å². The molecule has 1 atom stereocenters. The van der Waals surface area contributed by atoms with Crippen molar-refractivity contribution in [3.05, 3.63) is 77.5 Å². The van der Waals surface area contributed by atoms with Crippen LogP contribution < -0.4 is 0 Å². The minimum atomic E-state index is -0.361. The van der Waals surface area contributed by atoms with Crippen LogP contribution in [0.2, 0.25) is 0 Å². The fourth-order valence-electron chi connectivity index (χ4n) is 3.75. The summed E-state index contributed by atoms with van der Waals surface area (Å²) in [6.07, 6.45) is 3.09. The number of carbonyl (C=O) groups excluding carboxylic acids is 2. The molecule has 1 fully saturated rings. The lowest BCUT2D eigenvalue weighted by Gasteiger charge is -2.27. The van der Waals surface area contributed by atoms with Crippen molar-refractivity contribution in [1.82, 2.24) is 14.8 Å². The van der Waals surface area contributed by atoms with Crippen molar-refractivity contribution in [1.29, 1.82) is 0 Å². The Labute approximate surface area is 187 Å². The molecule has 1 aromatic carbocycles. The van der Waals surface area contributed by atoms with Crippen LogP contribution >= 0.6 is 0 Å². The summed E-state index contributed by atoms with van der Waals surface area (Å²) < 4.78 is 17.2. The maximum atomic E-state index is 13.2. The van der Waals surface area contributed by atoms with Crippen LogP contribution in [0.5, 0.6) is 0 Å². The van der Waals surface area contributed by atoms with Crippen molar-refractivity contribution in [3.8, 4) is 0 Å². The number of hydrogen-bond acceptors (Lipinski definition) is 6. The second-order valence-electron chi connectivity index (χ2n) is 7.82. The zero-order chi connectivity index (χ0) is 22.3. The number of rotatable bonds is 6. The summed E-state index contributed by atoms with van der Waals surface area (Å²) in [4.78, 5) is 33.6. The Morgan fingerprint density at radius 2 is 1.88 bits per heavy atom. The molecule has 2 aliphatic rings. The van der Waals surface area contributed by atoms with E-state index in [9.17, 15) is 9.59 Å². The van der Waals surface area contributed by atoms with Crippen LogP contribution in [0.3, 0.4) is 0 Å². The van der Waals surface area contributed by atoms with E-state index in [1.54, 1.807) is 24.2 Å². The summed E-state index contributed by atoms with van der Waals surface area (Å²) >= 11 is 0. The summed E-state index contributed by atoms with van der Waals surface area (Å²) in [7, 11) is 0. The van der Waals surface area contributed by atoms with Gasteiger partial charge in [-0.3, -0.25) is 14.6 Å². The van der Waals surface area contributed by atoms with Gasteiger partial charge in [0, 0.05) is 32.0 Å². The molecule has 0 radical (unpaired) electrons. The van der Waals surface area contributed by atoms with E-state index >= 15 is 0 Å². The maximum absolute atomic E-state index is 13.2. The first kappa shape index (κ1) is 21.8. The highest BCUT2D eigenvalue weighted by Crippen LogP contribution is 2.19. The van der Waals surface area contributed by atoms with Crippen molar-refractivity contribution < 1.29 is 23.8 Å². The van der Waals surface area contributed by atoms with Gasteiger partial charge in [-0.1, -0.05) is 36.4 Å². The Morgan fingerprint density at radius 3 is 2.62 bits per heavy atom. The molecule has 8 heteroatoms. The van der Waals surface area contributed by atoms with Crippen molar-refractivity contribution in [2.45, 2.75) is 26.2 Å². The SMILES string of the molecule is CC1=C(C(=O)N2CC(=O)N(Cc3ccccc3)CC(OCc3cccnc3)C2)OCCO1. The largest absolute Gasteiger partial charge is 0.491 e. The van der Waals surface area contributed by atoms with Gasteiger partial charge >= 0.3 is 0 Å². The van der Waals surface area contributed by atoms with Gasteiger partial charge < -0.3 is 24.0 Å². The van der Waals surface area contributed by atoms with Gasteiger partial charge in [-0.25, -0.2) is 0 Å². The average molecular weight is 437 g/mol. The second-order valence-corrected chi connectivity index (χ2v) is 7.82. The van der Waals surface area contributed by atoms with E-state index in [-0.39, 0.29) is 36.8 Å². The standard InChI is InChI=1S/C24H27N3O5/c1-18-23(31-11-10-30-18)24(29)27-15-21(32-17-20-8-5-9-25-12-20)14-26(22(28)16-27)13-19-6-3-2-4-7-19/h2-9,12,21H,10-11,13-17H2,1H3. The first-order valence-corrected chi connectivity index (χ1v) is 10.7. The molecule has 2 aliphatic heterocycles. The normalized spacial score (nSPS) is 19.3. The highest BCUT2D eigenvalue weighted by atomic mass is 16.6. The Balaban J connectivity index is 1.53. The molecule has 168 valence electrons. The second kappa shape index (κ2) is 10.3. The lowest BCUT2D eigenvalue weighted by molar-refractivity contribution is -0.139. The average Bonchev–Trinajstić information content (AvgIpc) is 2.97. The summed E-state index contributed by atoms with van der Waals surface area (Å²) in [5.74, 6) is 0.107. The number of nitrogens with zero attached hydrogens (tertiary/aromatic N) is 3. The third-order valence-electron chi connectivity index (χ3n) is 5.40. The molecule has 3 heterocycles. The van der Waals surface area contributed by atoms with E-state index in [0.29, 0.717) is 38.7 Å². The van der Waals surface area contributed by atoms with E-state index in [1.807, 2.05) is 42.5 Å². The summed E-state index contributed by atoms with van der Waals surface area (Å²) in [6, 6.07) is 13.6. The number of allylic oxidation sites excluding steroid dienone is 1. The minimum Gasteiger partial charge on any atom is -0.491 e. The van der Waals surface area contributed by atoms with Gasteiger partial charge in [0.15, 0.2) is 0 Å². The topological polar surface area (TPSA) is 81.2 Å². The van der Waals surface area contributed by atoms with Crippen molar-refractivity contribution in [2.75, 3.05) is 32.8 Å². The minimum absolute atomic E-state index is 0.0431. The fourth-order valence-corrected chi connectivity index (χ4v) is 3.75. The number of carbonyl (C=O) groups is 2. The van der Waals surface area contributed by atoms with Crippen LogP contribution in [0.25, 0.3) is 0 Å². The number of ether oxygens (including phenoxy) is 3. The highest BCUT2D eigenvalue weighted by molar-refractivity contribution is 5.95. The molecule has 1 unspecified atom stereocenters. The van der Waals surface area contributed by atoms with Crippen molar-refractivity contribution in [2.24, 2.45) is 0 Å². The zero-order valence-electron chi connectivity index (χ0n) is 18.1. The van der Waals surface area contributed by atoms with Gasteiger partial charge in [-0.05, 0) is 24.1 Å². The highest BCUT2D eigenvalue weighted by Gasteiger charge is 2.34. The monoisotopic (exact) mass is 437 g/mol. The smallest absolute Gasteiger partial charge is 0.293 e. The third kappa shape index (κ3) is 5.45. The van der Waals surface area contributed by atoms with E-state index in [1.165, 1.54) is 4.90 Å². The first-order valence-electron chi connectivity index (χ1n) is 10.7. The van der Waals surface area contributed by atoms with Gasteiger partial charge in [0.1, 0.15) is 25.5 Å². The van der Waals surface area contributed by atoms with E-state index in [2.05, 4.69) is 4.98 Å². The Bertz CT molecular complexity index is 964. The fraction of sp³-hybridized carbons (Fsp3) is 0.375. The molecule has 8 nitrogen and oxygen atoms in total. The number of aromatic nitrogens is 1. The van der Waals surface area contributed by atoms with Crippen molar-refractivity contribution in [3.63, 3.8) is 0 Å². The van der Waals surface area contributed by atoms with Gasteiger partial charge in [0.2, 0.25) is 11.7 Å². The number of benzene rings is 1. The summed E-state index contributed by atoms with van der Waals surface area (Å²) in [5.41, 5.74) is 1.95. The molecule has 0 N–H and O–H groups in total. The van der Waals surface area contributed by atoms with E-state index in [4.69, 9.17) is 14.2 Å². The Kier molecular flexibility index (Phi) is 7.01. The number of amides is 2. The molecule has 2 aromatic rings. The molecular weight excluding hydrogens is 410 g/mol. The third-order valence-corrected chi connectivity index (χ3v) is 5.40. The quantitative estimate of drug-likeness (QED) is 0.689. The molecule has 2 amide bonds. The molecular formula is C24H27N3O5. The van der Waals surface area contributed by atoms with E-state index < -0.39 is 0 Å². The molecule has 0 saturated carbocycles. The first-order chi connectivity index (χ1) is 15.6. The molecule has 4 rings (SSSR count). The van der Waals surface area contributed by atoms with Gasteiger partial charge in [0.05, 0.1) is 12.7 Å². The van der Waals surface area contributed by atoms with Crippen molar-refractivity contribution >= 4 is 11.8 Å². The van der Waals surface area contributed by atoms with Crippen LogP contribution in [0.15, 0.2) is 66.4 Å². The molecule has 0 bridgehead atoms. The zero-order valence-corrected chi connectivity index (χ0v) is 18.1. The predicted molar refractivity (Wildman–Crippen MR) is 116 cm³/mol. The molecule has 1 aromatic heterocycles. The van der Waals surface area contributed by atoms with Crippen LogP contribution in [-0.4, -0.2) is 65.6 Å². The summed E-state index contributed by atoms with van der Waals surface area (Å²) in [5, 5.41) is 0. The van der Waals surface area contributed by atoms with Crippen LogP contribution in [-0.2, 0) is 37.0 Å². The number of hydrogen-bond donors (Lipinski definition) is 0. The van der Waals surface area contributed by atoms with E-state index in [0.717, 1.165) is 11.1 Å². The van der Waals surface area contributed by atoms with Crippen LogP contribution in [0.4, 0.5) is 0 Å². The Morgan fingerprint density at radius 1 is 1.09 bits per heavy atom. The van der Waals surface area contributed by atoms with Gasteiger partial charge in [0.25, 0.3) is 5.91 Å². The lowest BCUT2D eigenvalue weighted by Crippen LogP contribution is -2.41. The van der Waals surface area contributed by atoms with Crippen LogP contribution in [0, 0.1) is 0 Å². The lowest BCUT2D eigenvalue weighted by atomic mass is 10.2. The number of pyridine rings is 1.